The van der Waals surface area contributed by atoms with E-state index in [2.05, 4.69) is 15.9 Å². The molecule has 1 N–H and O–H groups in total. The van der Waals surface area contributed by atoms with Gasteiger partial charge in [-0.05, 0) is 35.0 Å². The summed E-state index contributed by atoms with van der Waals surface area (Å²) in [6.07, 6.45) is 0.590. The van der Waals surface area contributed by atoms with E-state index in [0.717, 1.165) is 0 Å². The first-order valence-corrected chi connectivity index (χ1v) is 5.04. The van der Waals surface area contributed by atoms with Gasteiger partial charge in [-0.2, -0.15) is 0 Å². The van der Waals surface area contributed by atoms with E-state index in [1.54, 1.807) is 6.92 Å². The van der Waals surface area contributed by atoms with Gasteiger partial charge in [0.25, 0.3) is 0 Å². The van der Waals surface area contributed by atoms with Crippen molar-refractivity contribution in [2.45, 2.75) is 6.92 Å². The molecule has 0 amide bonds. The van der Waals surface area contributed by atoms with Crippen LogP contribution >= 0.6 is 15.9 Å². The van der Waals surface area contributed by atoms with Crippen molar-refractivity contribution in [1.29, 1.82) is 0 Å². The lowest BCUT2D eigenvalue weighted by molar-refractivity contribution is 0.0523. The van der Waals surface area contributed by atoms with Gasteiger partial charge in [0.1, 0.15) is 17.6 Å². The molecule has 1 aromatic rings. The van der Waals surface area contributed by atoms with Crippen LogP contribution in [0.15, 0.2) is 16.6 Å². The van der Waals surface area contributed by atoms with Crippen molar-refractivity contribution in [3.8, 4) is 5.75 Å². The van der Waals surface area contributed by atoms with Gasteiger partial charge in [0.15, 0.2) is 0 Å². The molecule has 0 saturated heterocycles. The number of ether oxygens (including phenoxy) is 1. The molecular formula is C10H9BrO4. The Morgan fingerprint density at radius 2 is 2.27 bits per heavy atom. The van der Waals surface area contributed by atoms with Crippen molar-refractivity contribution in [3.63, 3.8) is 0 Å². The standard InChI is InChI=1S/C10H9BrO4/c1-2-15-10(14)7-3-6(5-12)4-8(11)9(7)13/h3-5,13H,2H2,1H3. The summed E-state index contributed by atoms with van der Waals surface area (Å²) in [7, 11) is 0. The largest absolute Gasteiger partial charge is 0.506 e. The van der Waals surface area contributed by atoms with Crippen LogP contribution in [0.25, 0.3) is 0 Å². The first kappa shape index (κ1) is 11.7. The monoisotopic (exact) mass is 272 g/mol. The van der Waals surface area contributed by atoms with E-state index in [0.29, 0.717) is 11.8 Å². The second kappa shape index (κ2) is 4.93. The van der Waals surface area contributed by atoms with Crippen LogP contribution in [-0.4, -0.2) is 24.0 Å². The highest BCUT2D eigenvalue weighted by atomic mass is 79.9. The van der Waals surface area contributed by atoms with E-state index in [-0.39, 0.29) is 22.4 Å². The second-order valence-corrected chi connectivity index (χ2v) is 3.59. The summed E-state index contributed by atoms with van der Waals surface area (Å²) >= 11 is 3.04. The molecule has 4 nitrogen and oxygen atoms in total. The number of aromatic hydroxyl groups is 1. The summed E-state index contributed by atoms with van der Waals surface area (Å²) in [6.45, 7) is 1.87. The fourth-order valence-corrected chi connectivity index (χ4v) is 1.53. The number of halogens is 1. The van der Waals surface area contributed by atoms with Crippen LogP contribution in [0.3, 0.4) is 0 Å². The van der Waals surface area contributed by atoms with Crippen LogP contribution in [0.2, 0.25) is 0 Å². The number of hydrogen-bond donors (Lipinski definition) is 1. The molecule has 0 saturated carbocycles. The summed E-state index contributed by atoms with van der Waals surface area (Å²) < 4.78 is 5.01. The molecule has 5 heteroatoms. The zero-order valence-electron chi connectivity index (χ0n) is 7.99. The van der Waals surface area contributed by atoms with Crippen LogP contribution in [0.5, 0.6) is 5.75 Å². The van der Waals surface area contributed by atoms with Gasteiger partial charge < -0.3 is 9.84 Å². The Labute approximate surface area is 95.0 Å². The molecule has 15 heavy (non-hydrogen) atoms. The molecule has 1 aromatic carbocycles. The average Bonchev–Trinajstić information content (AvgIpc) is 2.22. The molecule has 0 heterocycles. The van der Waals surface area contributed by atoms with E-state index in [4.69, 9.17) is 4.74 Å². The number of carbonyl (C=O) groups is 2. The van der Waals surface area contributed by atoms with E-state index in [9.17, 15) is 14.7 Å². The molecule has 0 aliphatic carbocycles. The number of rotatable bonds is 3. The molecule has 0 atom stereocenters. The van der Waals surface area contributed by atoms with E-state index in [1.165, 1.54) is 12.1 Å². The zero-order valence-corrected chi connectivity index (χ0v) is 9.58. The summed E-state index contributed by atoms with van der Waals surface area (Å²) in [5, 5.41) is 9.55. The van der Waals surface area contributed by atoms with Crippen LogP contribution in [-0.2, 0) is 4.74 Å². The maximum absolute atomic E-state index is 11.4. The minimum atomic E-state index is -0.653. The van der Waals surface area contributed by atoms with E-state index < -0.39 is 5.97 Å². The number of esters is 1. The maximum Gasteiger partial charge on any atom is 0.341 e. The third-order valence-corrected chi connectivity index (χ3v) is 2.32. The molecule has 1 rings (SSSR count). The minimum absolute atomic E-state index is 0.0201. The second-order valence-electron chi connectivity index (χ2n) is 2.74. The molecule has 0 fully saturated rings. The van der Waals surface area contributed by atoms with Gasteiger partial charge in [-0.15, -0.1) is 0 Å². The summed E-state index contributed by atoms with van der Waals surface area (Å²) in [5.41, 5.74) is 0.274. The fraction of sp³-hybridized carbons (Fsp3) is 0.200. The third-order valence-electron chi connectivity index (χ3n) is 1.72. The predicted octanol–water partition coefficient (Wildman–Crippen LogP) is 2.14. The molecule has 0 radical (unpaired) electrons. The van der Waals surface area contributed by atoms with Gasteiger partial charge in [0.2, 0.25) is 0 Å². The molecule has 0 spiro atoms. The first-order chi connectivity index (χ1) is 7.10. The van der Waals surface area contributed by atoms with Crippen molar-refractivity contribution < 1.29 is 19.4 Å². The predicted molar refractivity (Wildman–Crippen MR) is 57.2 cm³/mol. The van der Waals surface area contributed by atoms with Crippen molar-refractivity contribution in [2.75, 3.05) is 6.61 Å². The van der Waals surface area contributed by atoms with Crippen molar-refractivity contribution in [2.24, 2.45) is 0 Å². The Hall–Kier alpha value is -1.36. The first-order valence-electron chi connectivity index (χ1n) is 4.25. The number of carbonyl (C=O) groups excluding carboxylic acids is 2. The van der Waals surface area contributed by atoms with Crippen molar-refractivity contribution in [1.82, 2.24) is 0 Å². The van der Waals surface area contributed by atoms with Crippen LogP contribution in [0, 0.1) is 0 Å². The molecular weight excluding hydrogens is 264 g/mol. The lowest BCUT2D eigenvalue weighted by Gasteiger charge is -2.06. The lowest BCUT2D eigenvalue weighted by atomic mass is 10.1. The van der Waals surface area contributed by atoms with Crippen LogP contribution in [0.4, 0.5) is 0 Å². The minimum Gasteiger partial charge on any atom is -0.506 e. The Morgan fingerprint density at radius 3 is 2.80 bits per heavy atom. The SMILES string of the molecule is CCOC(=O)c1cc(C=O)cc(Br)c1O. The normalized spacial score (nSPS) is 9.73. The van der Waals surface area contributed by atoms with Gasteiger partial charge >= 0.3 is 5.97 Å². The zero-order chi connectivity index (χ0) is 11.4. The van der Waals surface area contributed by atoms with Crippen LogP contribution in [0.1, 0.15) is 27.6 Å². The molecule has 0 aliphatic heterocycles. The van der Waals surface area contributed by atoms with Crippen molar-refractivity contribution in [3.05, 3.63) is 27.7 Å². The van der Waals surface area contributed by atoms with Crippen molar-refractivity contribution >= 4 is 28.2 Å². The summed E-state index contributed by atoms with van der Waals surface area (Å²) in [5.74, 6) is -0.876. The Balaban J connectivity index is 3.21. The quantitative estimate of drug-likeness (QED) is 0.677. The highest BCUT2D eigenvalue weighted by Gasteiger charge is 2.15. The van der Waals surface area contributed by atoms with E-state index in [1.807, 2.05) is 0 Å². The number of aldehydes is 1. The summed E-state index contributed by atoms with van der Waals surface area (Å²) in [6, 6.07) is 2.70. The number of phenols is 1. The Morgan fingerprint density at radius 1 is 1.60 bits per heavy atom. The number of hydrogen-bond acceptors (Lipinski definition) is 4. The Kier molecular flexibility index (Phi) is 3.85. The average molecular weight is 273 g/mol. The van der Waals surface area contributed by atoms with Gasteiger partial charge in [-0.3, -0.25) is 4.79 Å². The number of phenolic OH excluding ortho intramolecular Hbond substituents is 1. The van der Waals surface area contributed by atoms with E-state index >= 15 is 0 Å². The molecule has 0 aromatic heterocycles. The third kappa shape index (κ3) is 2.56. The highest BCUT2D eigenvalue weighted by molar-refractivity contribution is 9.10. The van der Waals surface area contributed by atoms with Gasteiger partial charge in [-0.1, -0.05) is 0 Å². The lowest BCUT2D eigenvalue weighted by Crippen LogP contribution is -2.05. The molecule has 0 aliphatic rings. The smallest absolute Gasteiger partial charge is 0.341 e. The number of benzene rings is 1. The maximum atomic E-state index is 11.4. The van der Waals surface area contributed by atoms with Gasteiger partial charge in [0.05, 0.1) is 11.1 Å². The molecule has 0 unspecified atom stereocenters. The van der Waals surface area contributed by atoms with Crippen LogP contribution < -0.4 is 0 Å². The Bertz CT molecular complexity index is 401. The van der Waals surface area contributed by atoms with Gasteiger partial charge in [-0.25, -0.2) is 4.79 Å². The molecule has 80 valence electrons. The fourth-order valence-electron chi connectivity index (χ4n) is 1.05. The summed E-state index contributed by atoms with van der Waals surface area (Å²) in [4.78, 5) is 21.9. The highest BCUT2D eigenvalue weighted by Crippen LogP contribution is 2.29. The topological polar surface area (TPSA) is 63.6 Å². The molecule has 0 bridgehead atoms. The van der Waals surface area contributed by atoms with Gasteiger partial charge in [0, 0.05) is 5.56 Å².